The standard InChI is InChI=1S/C22H25FN2O2/c23-18-12-9-17(10-13-18)11-14-21(26)24-20-8-4-3-7-19(20)22(27)25-15-5-1-2-6-16-25/h3-4,7-10,12-13H,1-2,5-6,11,14-16H2,(H,24,26). The molecule has 0 saturated carbocycles. The molecule has 1 aliphatic rings. The third-order valence-electron chi connectivity index (χ3n) is 4.88. The van der Waals surface area contributed by atoms with Gasteiger partial charge in [-0.2, -0.15) is 0 Å². The Hall–Kier alpha value is -2.69. The minimum atomic E-state index is -0.288. The highest BCUT2D eigenvalue weighted by atomic mass is 19.1. The molecule has 0 spiro atoms. The average Bonchev–Trinajstić information content (AvgIpc) is 2.97. The summed E-state index contributed by atoms with van der Waals surface area (Å²) in [5, 5.41) is 2.87. The van der Waals surface area contributed by atoms with Crippen LogP contribution in [0.4, 0.5) is 10.1 Å². The molecule has 4 nitrogen and oxygen atoms in total. The molecule has 1 N–H and O–H groups in total. The van der Waals surface area contributed by atoms with Crippen molar-refractivity contribution in [3.63, 3.8) is 0 Å². The van der Waals surface area contributed by atoms with Crippen LogP contribution in [0.15, 0.2) is 48.5 Å². The zero-order chi connectivity index (χ0) is 19.1. The van der Waals surface area contributed by atoms with Crippen molar-refractivity contribution < 1.29 is 14.0 Å². The topological polar surface area (TPSA) is 49.4 Å². The van der Waals surface area contributed by atoms with Crippen LogP contribution in [-0.2, 0) is 11.2 Å². The number of anilines is 1. The Labute approximate surface area is 159 Å². The fourth-order valence-corrected chi connectivity index (χ4v) is 3.34. The van der Waals surface area contributed by atoms with Gasteiger partial charge >= 0.3 is 0 Å². The lowest BCUT2D eigenvalue weighted by molar-refractivity contribution is -0.116. The van der Waals surface area contributed by atoms with E-state index in [0.717, 1.165) is 44.3 Å². The van der Waals surface area contributed by atoms with Gasteiger partial charge in [0.15, 0.2) is 0 Å². The van der Waals surface area contributed by atoms with Gasteiger partial charge in [-0.25, -0.2) is 4.39 Å². The molecule has 3 rings (SSSR count). The lowest BCUT2D eigenvalue weighted by Gasteiger charge is -2.22. The monoisotopic (exact) mass is 368 g/mol. The summed E-state index contributed by atoms with van der Waals surface area (Å²) in [6.45, 7) is 1.54. The van der Waals surface area contributed by atoms with E-state index in [-0.39, 0.29) is 24.1 Å². The van der Waals surface area contributed by atoms with Crippen molar-refractivity contribution >= 4 is 17.5 Å². The van der Waals surface area contributed by atoms with Gasteiger partial charge in [0.25, 0.3) is 5.91 Å². The number of carbonyl (C=O) groups excluding carboxylic acids is 2. The van der Waals surface area contributed by atoms with E-state index in [9.17, 15) is 14.0 Å². The largest absolute Gasteiger partial charge is 0.339 e. The predicted molar refractivity (Wildman–Crippen MR) is 104 cm³/mol. The van der Waals surface area contributed by atoms with Gasteiger partial charge in [-0.15, -0.1) is 0 Å². The second-order valence-corrected chi connectivity index (χ2v) is 6.93. The van der Waals surface area contributed by atoms with Gasteiger partial charge in [0.2, 0.25) is 5.91 Å². The van der Waals surface area contributed by atoms with Crippen molar-refractivity contribution in [3.8, 4) is 0 Å². The number of para-hydroxylation sites is 1. The number of carbonyl (C=O) groups is 2. The van der Waals surface area contributed by atoms with Gasteiger partial charge < -0.3 is 10.2 Å². The molecule has 2 aromatic carbocycles. The van der Waals surface area contributed by atoms with E-state index in [4.69, 9.17) is 0 Å². The van der Waals surface area contributed by atoms with Crippen LogP contribution in [0.2, 0.25) is 0 Å². The van der Waals surface area contributed by atoms with Gasteiger partial charge in [0.05, 0.1) is 11.3 Å². The Kier molecular flexibility index (Phi) is 6.58. The molecule has 0 atom stereocenters. The summed E-state index contributed by atoms with van der Waals surface area (Å²) >= 11 is 0. The number of amides is 2. The molecule has 0 aliphatic carbocycles. The van der Waals surface area contributed by atoms with Crippen LogP contribution in [0.1, 0.15) is 48.0 Å². The number of halogens is 1. The smallest absolute Gasteiger partial charge is 0.255 e. The van der Waals surface area contributed by atoms with Crippen LogP contribution in [0.3, 0.4) is 0 Å². The highest BCUT2D eigenvalue weighted by molar-refractivity contribution is 6.03. The second-order valence-electron chi connectivity index (χ2n) is 6.93. The lowest BCUT2D eigenvalue weighted by atomic mass is 10.1. The molecule has 0 unspecified atom stereocenters. The van der Waals surface area contributed by atoms with Gasteiger partial charge in [0.1, 0.15) is 5.82 Å². The summed E-state index contributed by atoms with van der Waals surface area (Å²) in [4.78, 5) is 27.1. The number of nitrogens with one attached hydrogen (secondary N) is 1. The molecule has 0 radical (unpaired) electrons. The van der Waals surface area contributed by atoms with Crippen LogP contribution in [0, 0.1) is 5.82 Å². The SMILES string of the molecule is O=C(CCc1ccc(F)cc1)Nc1ccccc1C(=O)N1CCCCCC1. The second kappa shape index (κ2) is 9.31. The average molecular weight is 368 g/mol. The maximum absolute atomic E-state index is 13.0. The van der Waals surface area contributed by atoms with E-state index >= 15 is 0 Å². The molecule has 27 heavy (non-hydrogen) atoms. The van der Waals surface area contributed by atoms with Crippen molar-refractivity contribution in [1.82, 2.24) is 4.90 Å². The van der Waals surface area contributed by atoms with Crippen LogP contribution in [-0.4, -0.2) is 29.8 Å². The van der Waals surface area contributed by atoms with Crippen LogP contribution in [0.5, 0.6) is 0 Å². The normalized spacial score (nSPS) is 14.5. The van der Waals surface area contributed by atoms with E-state index in [2.05, 4.69) is 5.32 Å². The molecular weight excluding hydrogens is 343 g/mol. The summed E-state index contributed by atoms with van der Waals surface area (Å²) in [5.41, 5.74) is 1.99. The first kappa shape index (κ1) is 19.1. The van der Waals surface area contributed by atoms with Gasteiger partial charge in [-0.05, 0) is 49.1 Å². The molecule has 0 bridgehead atoms. The number of likely N-dealkylation sites (tertiary alicyclic amines) is 1. The highest BCUT2D eigenvalue weighted by Crippen LogP contribution is 2.20. The molecular formula is C22H25FN2O2. The Balaban J connectivity index is 1.63. The molecule has 0 aromatic heterocycles. The summed E-state index contributed by atoms with van der Waals surface area (Å²) in [6.07, 6.45) is 5.17. The molecule has 5 heteroatoms. The first-order valence-electron chi connectivity index (χ1n) is 9.56. The van der Waals surface area contributed by atoms with Gasteiger partial charge in [-0.1, -0.05) is 37.1 Å². The zero-order valence-corrected chi connectivity index (χ0v) is 15.4. The number of aryl methyl sites for hydroxylation is 1. The van der Waals surface area contributed by atoms with E-state index < -0.39 is 0 Å². The minimum absolute atomic E-state index is 0.0219. The van der Waals surface area contributed by atoms with Crippen molar-refractivity contribution in [1.29, 1.82) is 0 Å². The maximum atomic E-state index is 13.0. The molecule has 2 amide bonds. The summed E-state index contributed by atoms with van der Waals surface area (Å²) in [5.74, 6) is -0.467. The summed E-state index contributed by atoms with van der Waals surface area (Å²) in [6, 6.07) is 13.3. The van der Waals surface area contributed by atoms with Crippen molar-refractivity contribution in [3.05, 3.63) is 65.5 Å². The number of nitrogens with zero attached hydrogens (tertiary/aromatic N) is 1. The van der Waals surface area contributed by atoms with Crippen LogP contribution in [0.25, 0.3) is 0 Å². The molecule has 142 valence electrons. The Morgan fingerprint density at radius 1 is 0.926 bits per heavy atom. The molecule has 1 saturated heterocycles. The summed E-state index contributed by atoms with van der Waals surface area (Å²) in [7, 11) is 0. The Bertz CT molecular complexity index is 781. The van der Waals surface area contributed by atoms with Crippen LogP contribution >= 0.6 is 0 Å². The van der Waals surface area contributed by atoms with E-state index in [0.29, 0.717) is 17.7 Å². The van der Waals surface area contributed by atoms with Crippen molar-refractivity contribution in [2.75, 3.05) is 18.4 Å². The number of hydrogen-bond donors (Lipinski definition) is 1. The number of benzene rings is 2. The minimum Gasteiger partial charge on any atom is -0.339 e. The molecule has 1 aliphatic heterocycles. The first-order valence-corrected chi connectivity index (χ1v) is 9.56. The fourth-order valence-electron chi connectivity index (χ4n) is 3.34. The predicted octanol–water partition coefficient (Wildman–Crippen LogP) is 4.41. The number of rotatable bonds is 5. The molecule has 1 fully saturated rings. The fraction of sp³-hybridized carbons (Fsp3) is 0.364. The van der Waals surface area contributed by atoms with Crippen molar-refractivity contribution in [2.45, 2.75) is 38.5 Å². The van der Waals surface area contributed by atoms with E-state index in [1.807, 2.05) is 17.0 Å². The zero-order valence-electron chi connectivity index (χ0n) is 15.4. The van der Waals surface area contributed by atoms with Crippen molar-refractivity contribution in [2.24, 2.45) is 0 Å². The van der Waals surface area contributed by atoms with Gasteiger partial charge in [0, 0.05) is 19.5 Å². The third-order valence-corrected chi connectivity index (χ3v) is 4.88. The summed E-state index contributed by atoms with van der Waals surface area (Å²) < 4.78 is 13.0. The lowest BCUT2D eigenvalue weighted by Crippen LogP contribution is -2.32. The number of hydrogen-bond acceptors (Lipinski definition) is 2. The first-order chi connectivity index (χ1) is 13.1. The highest BCUT2D eigenvalue weighted by Gasteiger charge is 2.20. The maximum Gasteiger partial charge on any atom is 0.255 e. The molecule has 1 heterocycles. The molecule has 2 aromatic rings. The van der Waals surface area contributed by atoms with E-state index in [1.54, 1.807) is 24.3 Å². The van der Waals surface area contributed by atoms with Gasteiger partial charge in [-0.3, -0.25) is 9.59 Å². The third kappa shape index (κ3) is 5.39. The van der Waals surface area contributed by atoms with E-state index in [1.165, 1.54) is 12.1 Å². The quantitative estimate of drug-likeness (QED) is 0.850. The van der Waals surface area contributed by atoms with Crippen LogP contribution < -0.4 is 5.32 Å². The Morgan fingerprint density at radius 3 is 2.30 bits per heavy atom. The Morgan fingerprint density at radius 2 is 1.59 bits per heavy atom.